The minimum Gasteiger partial charge on any atom is -0.324 e. The highest BCUT2D eigenvalue weighted by atomic mass is 32.1. The van der Waals surface area contributed by atoms with E-state index in [1.54, 1.807) is 39.5 Å². The summed E-state index contributed by atoms with van der Waals surface area (Å²) < 4.78 is 0. The molecule has 1 aliphatic rings. The Morgan fingerprint density at radius 2 is 1.85 bits per heavy atom. The van der Waals surface area contributed by atoms with Gasteiger partial charge in [0, 0.05) is 23.7 Å². The van der Waals surface area contributed by atoms with E-state index in [2.05, 4.69) is 10.3 Å². The molecule has 27 heavy (non-hydrogen) atoms. The molecular weight excluding hydrogens is 360 g/mol. The summed E-state index contributed by atoms with van der Waals surface area (Å²) in [5.41, 5.74) is 1.49. The predicted molar refractivity (Wildman–Crippen MR) is 107 cm³/mol. The molecule has 0 radical (unpaired) electrons. The Bertz CT molecular complexity index is 926. The minimum absolute atomic E-state index is 0.0838. The third kappa shape index (κ3) is 3.83. The van der Waals surface area contributed by atoms with Gasteiger partial charge in [0.05, 0.1) is 18.3 Å². The van der Waals surface area contributed by atoms with Gasteiger partial charge in [-0.1, -0.05) is 24.3 Å². The van der Waals surface area contributed by atoms with Gasteiger partial charge in [0.15, 0.2) is 0 Å². The molecule has 3 amide bonds. The van der Waals surface area contributed by atoms with Crippen molar-refractivity contribution in [1.29, 1.82) is 0 Å². The molecule has 3 aromatic rings. The van der Waals surface area contributed by atoms with Gasteiger partial charge in [-0.15, -0.1) is 11.3 Å². The van der Waals surface area contributed by atoms with Crippen molar-refractivity contribution in [3.05, 3.63) is 71.1 Å². The number of hydrogen-bond donors (Lipinski definition) is 1. The number of nitrogens with zero attached hydrogens (tertiary/aromatic N) is 3. The molecule has 3 heterocycles. The van der Waals surface area contributed by atoms with Crippen LogP contribution in [0.3, 0.4) is 0 Å². The number of thiophene rings is 1. The zero-order valence-corrected chi connectivity index (χ0v) is 15.4. The number of aromatic nitrogens is 1. The van der Waals surface area contributed by atoms with Crippen molar-refractivity contribution in [2.75, 3.05) is 28.2 Å². The predicted octanol–water partition coefficient (Wildman–Crippen LogP) is 3.77. The number of para-hydroxylation sites is 1. The zero-order valence-electron chi connectivity index (χ0n) is 14.5. The Kier molecular flexibility index (Phi) is 4.84. The average molecular weight is 378 g/mol. The summed E-state index contributed by atoms with van der Waals surface area (Å²) in [5.74, 6) is 0.495. The van der Waals surface area contributed by atoms with Gasteiger partial charge in [-0.05, 0) is 35.7 Å². The molecule has 0 aliphatic carbocycles. The molecular formula is C20H18N4O2S. The first-order valence-electron chi connectivity index (χ1n) is 8.63. The first-order chi connectivity index (χ1) is 13.2. The molecule has 2 aromatic heterocycles. The maximum Gasteiger partial charge on any atom is 0.330 e. The summed E-state index contributed by atoms with van der Waals surface area (Å²) in [6.45, 7) is 1.19. The van der Waals surface area contributed by atoms with Gasteiger partial charge in [-0.2, -0.15) is 0 Å². The molecule has 1 fully saturated rings. The number of carbonyl (C=O) groups is 2. The van der Waals surface area contributed by atoms with Gasteiger partial charge in [0.2, 0.25) is 5.91 Å². The second kappa shape index (κ2) is 7.59. The number of nitrogens with one attached hydrogen (secondary N) is 1. The fourth-order valence-electron chi connectivity index (χ4n) is 2.99. The van der Waals surface area contributed by atoms with Gasteiger partial charge >= 0.3 is 6.03 Å². The monoisotopic (exact) mass is 378 g/mol. The van der Waals surface area contributed by atoms with Crippen LogP contribution in [0.1, 0.15) is 4.88 Å². The number of pyridine rings is 1. The SMILES string of the molecule is O=C(Cc1cccs1)Nc1ccc(N2CCN(c3ccccc3)C2=O)nc1. The van der Waals surface area contributed by atoms with Crippen molar-refractivity contribution in [3.8, 4) is 0 Å². The normalized spacial score (nSPS) is 13.9. The van der Waals surface area contributed by atoms with Gasteiger partial charge in [-0.25, -0.2) is 9.78 Å². The number of hydrogen-bond acceptors (Lipinski definition) is 4. The molecule has 0 spiro atoms. The number of anilines is 3. The maximum atomic E-state index is 12.7. The van der Waals surface area contributed by atoms with E-state index in [-0.39, 0.29) is 11.9 Å². The molecule has 4 rings (SSSR count). The summed E-state index contributed by atoms with van der Waals surface area (Å²) in [5, 5.41) is 4.78. The standard InChI is InChI=1S/C20H18N4O2S/c25-19(13-17-7-4-12-27-17)22-15-8-9-18(21-14-15)24-11-10-23(20(24)26)16-5-2-1-3-6-16/h1-9,12,14H,10-11,13H2,(H,22,25). The van der Waals surface area contributed by atoms with Crippen LogP contribution in [-0.4, -0.2) is 30.0 Å². The van der Waals surface area contributed by atoms with E-state index in [4.69, 9.17) is 0 Å². The van der Waals surface area contributed by atoms with Crippen molar-refractivity contribution in [1.82, 2.24) is 4.98 Å². The van der Waals surface area contributed by atoms with Crippen LogP contribution in [0.5, 0.6) is 0 Å². The zero-order chi connectivity index (χ0) is 18.6. The van der Waals surface area contributed by atoms with Gasteiger partial charge in [0.25, 0.3) is 0 Å². The van der Waals surface area contributed by atoms with E-state index < -0.39 is 0 Å². The molecule has 1 aliphatic heterocycles. The molecule has 1 saturated heterocycles. The molecule has 0 saturated carbocycles. The molecule has 1 aromatic carbocycles. The Morgan fingerprint density at radius 1 is 1.04 bits per heavy atom. The van der Waals surface area contributed by atoms with Crippen LogP contribution in [0, 0.1) is 0 Å². The van der Waals surface area contributed by atoms with Crippen LogP contribution in [0.25, 0.3) is 0 Å². The summed E-state index contributed by atoms with van der Waals surface area (Å²) in [4.78, 5) is 33.5. The molecule has 0 atom stereocenters. The molecule has 7 heteroatoms. The molecule has 1 N–H and O–H groups in total. The average Bonchev–Trinajstić information content (AvgIpc) is 3.33. The third-order valence-corrected chi connectivity index (χ3v) is 5.18. The van der Waals surface area contributed by atoms with Crippen LogP contribution < -0.4 is 15.1 Å². The third-order valence-electron chi connectivity index (χ3n) is 4.30. The fraction of sp³-hybridized carbons (Fsp3) is 0.150. The van der Waals surface area contributed by atoms with E-state index in [0.29, 0.717) is 31.0 Å². The van der Waals surface area contributed by atoms with Crippen molar-refractivity contribution < 1.29 is 9.59 Å². The number of urea groups is 1. The topological polar surface area (TPSA) is 65.5 Å². The maximum absolute atomic E-state index is 12.7. The smallest absolute Gasteiger partial charge is 0.324 e. The molecule has 6 nitrogen and oxygen atoms in total. The highest BCUT2D eigenvalue weighted by Gasteiger charge is 2.31. The lowest BCUT2D eigenvalue weighted by atomic mass is 10.3. The van der Waals surface area contributed by atoms with Gasteiger partial charge in [-0.3, -0.25) is 14.6 Å². The van der Waals surface area contributed by atoms with E-state index in [0.717, 1.165) is 10.6 Å². The van der Waals surface area contributed by atoms with Crippen molar-refractivity contribution in [2.24, 2.45) is 0 Å². The van der Waals surface area contributed by atoms with Crippen LogP contribution in [0.2, 0.25) is 0 Å². The first kappa shape index (κ1) is 17.2. The summed E-state index contributed by atoms with van der Waals surface area (Å²) in [6.07, 6.45) is 1.93. The number of rotatable bonds is 5. The Morgan fingerprint density at radius 3 is 2.56 bits per heavy atom. The molecule has 0 bridgehead atoms. The van der Waals surface area contributed by atoms with Crippen molar-refractivity contribution >= 4 is 40.5 Å². The van der Waals surface area contributed by atoms with Gasteiger partial charge in [0.1, 0.15) is 5.82 Å². The van der Waals surface area contributed by atoms with E-state index in [1.807, 2.05) is 47.8 Å². The van der Waals surface area contributed by atoms with Crippen molar-refractivity contribution in [3.63, 3.8) is 0 Å². The van der Waals surface area contributed by atoms with Crippen LogP contribution in [-0.2, 0) is 11.2 Å². The Labute approximate surface area is 161 Å². The number of carbonyl (C=O) groups excluding carboxylic acids is 2. The lowest BCUT2D eigenvalue weighted by molar-refractivity contribution is -0.115. The summed E-state index contributed by atoms with van der Waals surface area (Å²) in [6, 6.07) is 16.9. The van der Waals surface area contributed by atoms with Crippen LogP contribution >= 0.6 is 11.3 Å². The highest BCUT2D eigenvalue weighted by Crippen LogP contribution is 2.24. The van der Waals surface area contributed by atoms with Gasteiger partial charge < -0.3 is 5.32 Å². The van der Waals surface area contributed by atoms with Crippen LogP contribution in [0.4, 0.5) is 22.0 Å². The van der Waals surface area contributed by atoms with Crippen molar-refractivity contribution in [2.45, 2.75) is 6.42 Å². The number of amides is 3. The van der Waals surface area contributed by atoms with E-state index in [1.165, 1.54) is 0 Å². The molecule has 0 unspecified atom stereocenters. The quantitative estimate of drug-likeness (QED) is 0.735. The Hall–Kier alpha value is -3.19. The number of benzene rings is 1. The Balaban J connectivity index is 1.40. The minimum atomic E-state index is -0.0943. The highest BCUT2D eigenvalue weighted by molar-refractivity contribution is 7.10. The molecule has 136 valence electrons. The first-order valence-corrected chi connectivity index (χ1v) is 9.51. The second-order valence-electron chi connectivity index (χ2n) is 6.13. The van der Waals surface area contributed by atoms with E-state index in [9.17, 15) is 9.59 Å². The fourth-order valence-corrected chi connectivity index (χ4v) is 3.70. The summed E-state index contributed by atoms with van der Waals surface area (Å²) in [7, 11) is 0. The van der Waals surface area contributed by atoms with E-state index >= 15 is 0 Å². The second-order valence-corrected chi connectivity index (χ2v) is 7.16. The largest absolute Gasteiger partial charge is 0.330 e. The lowest BCUT2D eigenvalue weighted by Gasteiger charge is -2.18. The summed E-state index contributed by atoms with van der Waals surface area (Å²) >= 11 is 1.55. The lowest BCUT2D eigenvalue weighted by Crippen LogP contribution is -2.32. The van der Waals surface area contributed by atoms with Crippen LogP contribution in [0.15, 0.2) is 66.2 Å².